The molecule has 0 aliphatic carbocycles. The molecule has 0 radical (unpaired) electrons. The first-order chi connectivity index (χ1) is 9.28. The summed E-state index contributed by atoms with van der Waals surface area (Å²) in [4.78, 5) is 14.6. The minimum Gasteiger partial charge on any atom is -0.467 e. The number of aliphatic hydroxyl groups excluding tert-OH is 1. The van der Waals surface area contributed by atoms with Crippen LogP contribution >= 0.6 is 0 Å². The lowest BCUT2D eigenvalue weighted by Crippen LogP contribution is -2.41. The fraction of sp³-hybridized carbons (Fsp3) is 0.750. The summed E-state index contributed by atoms with van der Waals surface area (Å²) in [5, 5.41) is 9.16. The second kappa shape index (κ2) is 6.51. The highest BCUT2D eigenvalue weighted by Gasteiger charge is 2.25. The van der Waals surface area contributed by atoms with E-state index in [9.17, 15) is 0 Å². The van der Waals surface area contributed by atoms with Crippen molar-refractivity contribution in [3.8, 4) is 12.0 Å². The summed E-state index contributed by atoms with van der Waals surface area (Å²) in [5.41, 5.74) is 0. The molecule has 0 amide bonds. The molecule has 0 spiro atoms. The van der Waals surface area contributed by atoms with Gasteiger partial charge in [0, 0.05) is 19.2 Å². The zero-order valence-electron chi connectivity index (χ0n) is 11.4. The number of nitrogens with zero attached hydrogens (tertiary/aromatic N) is 4. The van der Waals surface area contributed by atoms with Crippen molar-refractivity contribution in [2.45, 2.75) is 31.7 Å². The van der Waals surface area contributed by atoms with Crippen molar-refractivity contribution in [3.63, 3.8) is 0 Å². The molecule has 1 aromatic rings. The second-order valence-electron chi connectivity index (χ2n) is 4.46. The predicted molar refractivity (Wildman–Crippen MR) is 69.6 cm³/mol. The van der Waals surface area contributed by atoms with Crippen LogP contribution < -0.4 is 14.4 Å². The molecule has 1 fully saturated rings. The van der Waals surface area contributed by atoms with Gasteiger partial charge in [-0.3, -0.25) is 0 Å². The van der Waals surface area contributed by atoms with Crippen LogP contribution in [0.5, 0.6) is 12.0 Å². The molecule has 106 valence electrons. The van der Waals surface area contributed by atoms with Crippen LogP contribution in [0.3, 0.4) is 0 Å². The number of aromatic nitrogens is 3. The number of hydrogen-bond acceptors (Lipinski definition) is 7. The van der Waals surface area contributed by atoms with Gasteiger partial charge in [0.15, 0.2) is 0 Å². The molecule has 1 aliphatic rings. The van der Waals surface area contributed by atoms with Crippen LogP contribution in [0.15, 0.2) is 0 Å². The fourth-order valence-electron chi connectivity index (χ4n) is 2.35. The van der Waals surface area contributed by atoms with E-state index >= 15 is 0 Å². The zero-order chi connectivity index (χ0) is 13.7. The second-order valence-corrected chi connectivity index (χ2v) is 4.46. The lowest BCUT2D eigenvalue weighted by Gasteiger charge is -2.35. The standard InChI is InChI=1S/C12H20N4O3/c1-18-11-13-10(14-12(15-11)19-2)16-7-4-3-5-9(16)6-8-17/h9,17H,3-8H2,1-2H3. The summed E-state index contributed by atoms with van der Waals surface area (Å²) in [6.07, 6.45) is 4.02. The van der Waals surface area contributed by atoms with E-state index in [1.165, 1.54) is 20.6 Å². The van der Waals surface area contributed by atoms with E-state index in [4.69, 9.17) is 14.6 Å². The number of anilines is 1. The summed E-state index contributed by atoms with van der Waals surface area (Å²) >= 11 is 0. The third kappa shape index (κ3) is 3.23. The Morgan fingerprint density at radius 1 is 1.16 bits per heavy atom. The summed E-state index contributed by atoms with van der Waals surface area (Å²) in [7, 11) is 3.03. The average Bonchev–Trinajstić information content (AvgIpc) is 2.47. The van der Waals surface area contributed by atoms with Crippen molar-refractivity contribution in [3.05, 3.63) is 0 Å². The third-order valence-electron chi connectivity index (χ3n) is 3.29. The van der Waals surface area contributed by atoms with Crippen LogP contribution in [-0.4, -0.2) is 53.5 Å². The first kappa shape index (κ1) is 13.8. The molecule has 1 atom stereocenters. The minimum absolute atomic E-state index is 0.167. The molecule has 7 nitrogen and oxygen atoms in total. The number of ether oxygens (including phenoxy) is 2. The van der Waals surface area contributed by atoms with Crippen molar-refractivity contribution < 1.29 is 14.6 Å². The predicted octanol–water partition coefficient (Wildman–Crippen LogP) is 0.630. The van der Waals surface area contributed by atoms with Gasteiger partial charge in [0.2, 0.25) is 5.95 Å². The molecule has 1 aromatic heterocycles. The Labute approximate surface area is 112 Å². The van der Waals surface area contributed by atoms with Crippen LogP contribution in [0, 0.1) is 0 Å². The third-order valence-corrected chi connectivity index (χ3v) is 3.29. The Bertz CT molecular complexity index is 392. The monoisotopic (exact) mass is 268 g/mol. The number of hydrogen-bond donors (Lipinski definition) is 1. The Morgan fingerprint density at radius 2 is 1.84 bits per heavy atom. The van der Waals surface area contributed by atoms with Gasteiger partial charge in [-0.1, -0.05) is 0 Å². The SMILES string of the molecule is COc1nc(OC)nc(N2CCCCC2CCO)n1. The van der Waals surface area contributed by atoms with Gasteiger partial charge in [-0.15, -0.1) is 4.98 Å². The Hall–Kier alpha value is -1.63. The van der Waals surface area contributed by atoms with Crippen molar-refractivity contribution in [1.29, 1.82) is 0 Å². The summed E-state index contributed by atoms with van der Waals surface area (Å²) in [6, 6.07) is 0.751. The normalized spacial score (nSPS) is 19.3. The van der Waals surface area contributed by atoms with Gasteiger partial charge < -0.3 is 19.5 Å². The van der Waals surface area contributed by atoms with E-state index in [2.05, 4.69) is 19.9 Å². The Kier molecular flexibility index (Phi) is 4.73. The molecule has 0 bridgehead atoms. The topological polar surface area (TPSA) is 80.6 Å². The highest BCUT2D eigenvalue weighted by Crippen LogP contribution is 2.25. The lowest BCUT2D eigenvalue weighted by molar-refractivity contribution is 0.261. The van der Waals surface area contributed by atoms with E-state index in [1.807, 2.05) is 0 Å². The first-order valence-electron chi connectivity index (χ1n) is 6.50. The van der Waals surface area contributed by atoms with Crippen LogP contribution in [0.1, 0.15) is 25.7 Å². The minimum atomic E-state index is 0.167. The molecule has 2 heterocycles. The van der Waals surface area contributed by atoms with E-state index in [0.29, 0.717) is 5.95 Å². The Balaban J connectivity index is 2.26. The van der Waals surface area contributed by atoms with Crippen molar-refractivity contribution >= 4 is 5.95 Å². The fourth-order valence-corrected chi connectivity index (χ4v) is 2.35. The van der Waals surface area contributed by atoms with Gasteiger partial charge in [-0.25, -0.2) is 0 Å². The molecule has 0 saturated carbocycles. The average molecular weight is 268 g/mol. The van der Waals surface area contributed by atoms with E-state index in [1.54, 1.807) is 0 Å². The van der Waals surface area contributed by atoms with E-state index < -0.39 is 0 Å². The van der Waals surface area contributed by atoms with Gasteiger partial charge in [0.05, 0.1) is 14.2 Å². The number of methoxy groups -OCH3 is 2. The molecule has 1 N–H and O–H groups in total. The summed E-state index contributed by atoms with van der Waals surface area (Å²) in [5.74, 6) is 0.557. The molecule has 2 rings (SSSR count). The summed E-state index contributed by atoms with van der Waals surface area (Å²) < 4.78 is 10.1. The molecular formula is C12H20N4O3. The van der Waals surface area contributed by atoms with Gasteiger partial charge in [0.25, 0.3) is 0 Å². The van der Waals surface area contributed by atoms with Crippen LogP contribution in [0.2, 0.25) is 0 Å². The van der Waals surface area contributed by atoms with Gasteiger partial charge >= 0.3 is 12.0 Å². The smallest absolute Gasteiger partial charge is 0.324 e. The van der Waals surface area contributed by atoms with Gasteiger partial charge in [-0.2, -0.15) is 9.97 Å². The maximum Gasteiger partial charge on any atom is 0.324 e. The quantitative estimate of drug-likeness (QED) is 0.838. The van der Waals surface area contributed by atoms with Gasteiger partial charge in [0.1, 0.15) is 0 Å². The van der Waals surface area contributed by atoms with Gasteiger partial charge in [-0.05, 0) is 25.7 Å². The number of piperidine rings is 1. The molecule has 19 heavy (non-hydrogen) atoms. The largest absolute Gasteiger partial charge is 0.467 e. The highest BCUT2D eigenvalue weighted by atomic mass is 16.5. The van der Waals surface area contributed by atoms with E-state index in [0.717, 1.165) is 25.8 Å². The molecule has 7 heteroatoms. The van der Waals surface area contributed by atoms with Crippen LogP contribution in [0.25, 0.3) is 0 Å². The van der Waals surface area contributed by atoms with Crippen molar-refractivity contribution in [2.75, 3.05) is 32.3 Å². The van der Waals surface area contributed by atoms with Crippen molar-refractivity contribution in [1.82, 2.24) is 15.0 Å². The lowest BCUT2D eigenvalue weighted by atomic mass is 10.0. The van der Waals surface area contributed by atoms with Crippen LogP contribution in [-0.2, 0) is 0 Å². The van der Waals surface area contributed by atoms with Crippen molar-refractivity contribution in [2.24, 2.45) is 0 Å². The molecule has 1 unspecified atom stereocenters. The number of aliphatic hydroxyl groups is 1. The molecule has 1 saturated heterocycles. The first-order valence-corrected chi connectivity index (χ1v) is 6.50. The maximum atomic E-state index is 9.16. The molecule has 1 aliphatic heterocycles. The number of rotatable bonds is 5. The Morgan fingerprint density at radius 3 is 2.42 bits per heavy atom. The molecular weight excluding hydrogens is 248 g/mol. The highest BCUT2D eigenvalue weighted by molar-refractivity contribution is 5.34. The van der Waals surface area contributed by atoms with Crippen LogP contribution in [0.4, 0.5) is 5.95 Å². The molecule has 0 aromatic carbocycles. The van der Waals surface area contributed by atoms with E-state index in [-0.39, 0.29) is 24.7 Å². The summed E-state index contributed by atoms with van der Waals surface area (Å²) in [6.45, 7) is 1.04. The zero-order valence-corrected chi connectivity index (χ0v) is 11.4. The maximum absolute atomic E-state index is 9.16.